The minimum Gasteiger partial charge on any atom is -0.496 e. The van der Waals surface area contributed by atoms with Gasteiger partial charge >= 0.3 is 0 Å². The molecule has 0 atom stereocenters. The Hall–Kier alpha value is -3.08. The smallest absolute Gasteiger partial charge is 0.229 e. The Morgan fingerprint density at radius 3 is 2.48 bits per heavy atom. The average molecular weight is 362 g/mol. The summed E-state index contributed by atoms with van der Waals surface area (Å²) in [6.45, 7) is 4.88. The molecular formula is C22H26N4O. The first-order valence-corrected chi connectivity index (χ1v) is 9.26. The van der Waals surface area contributed by atoms with E-state index in [0.29, 0.717) is 5.95 Å². The number of anilines is 3. The molecule has 0 radical (unpaired) electrons. The van der Waals surface area contributed by atoms with Crippen LogP contribution in [0.2, 0.25) is 0 Å². The molecule has 2 N–H and O–H groups in total. The van der Waals surface area contributed by atoms with Gasteiger partial charge in [-0.25, -0.2) is 4.98 Å². The van der Waals surface area contributed by atoms with Gasteiger partial charge in [0.1, 0.15) is 11.6 Å². The topological polar surface area (TPSA) is 59.1 Å². The minimum absolute atomic E-state index is 0.607. The van der Waals surface area contributed by atoms with Gasteiger partial charge in [-0.15, -0.1) is 0 Å². The van der Waals surface area contributed by atoms with Crippen molar-refractivity contribution in [1.82, 2.24) is 9.97 Å². The summed E-state index contributed by atoms with van der Waals surface area (Å²) in [5.41, 5.74) is 4.38. The number of aromatic nitrogens is 2. The first-order valence-electron chi connectivity index (χ1n) is 9.26. The van der Waals surface area contributed by atoms with Crippen molar-refractivity contribution in [2.45, 2.75) is 26.7 Å². The maximum absolute atomic E-state index is 5.41. The Balaban J connectivity index is 1.68. The van der Waals surface area contributed by atoms with Gasteiger partial charge in [-0.2, -0.15) is 4.98 Å². The number of methoxy groups -OCH3 is 1. The Morgan fingerprint density at radius 1 is 0.963 bits per heavy atom. The summed E-state index contributed by atoms with van der Waals surface area (Å²) in [5.74, 6) is 2.33. The third-order valence-electron chi connectivity index (χ3n) is 4.39. The monoisotopic (exact) mass is 362 g/mol. The molecule has 3 rings (SSSR count). The molecular weight excluding hydrogens is 336 g/mol. The molecule has 0 aliphatic carbocycles. The summed E-state index contributed by atoms with van der Waals surface area (Å²) in [7, 11) is 1.70. The summed E-state index contributed by atoms with van der Waals surface area (Å²) < 4.78 is 5.41. The Labute approximate surface area is 160 Å². The van der Waals surface area contributed by atoms with E-state index in [2.05, 4.69) is 45.7 Å². The quantitative estimate of drug-likeness (QED) is 0.605. The summed E-state index contributed by atoms with van der Waals surface area (Å²) in [6, 6.07) is 18.3. The molecule has 3 aromatic rings. The molecule has 0 saturated heterocycles. The van der Waals surface area contributed by atoms with Crippen molar-refractivity contribution in [3.63, 3.8) is 0 Å². The normalized spacial score (nSPS) is 10.5. The molecule has 1 heterocycles. The number of ether oxygens (including phenoxy) is 1. The van der Waals surface area contributed by atoms with E-state index in [-0.39, 0.29) is 0 Å². The fourth-order valence-electron chi connectivity index (χ4n) is 3.02. The van der Waals surface area contributed by atoms with Gasteiger partial charge in [-0.05, 0) is 43.0 Å². The molecule has 5 heteroatoms. The highest BCUT2D eigenvalue weighted by Gasteiger charge is 2.06. The van der Waals surface area contributed by atoms with Crippen LogP contribution in [-0.4, -0.2) is 23.6 Å². The number of nitrogens with zero attached hydrogens (tertiary/aromatic N) is 2. The van der Waals surface area contributed by atoms with Crippen LogP contribution in [0.25, 0.3) is 0 Å². The standard InChI is InChI=1S/C22H26N4O/c1-4-17-9-5-7-11-19(17)25-22-24-16(2)15-21(26-22)23-14-13-18-10-6-8-12-20(18)27-3/h5-12,15H,4,13-14H2,1-3H3,(H2,23,24,25,26). The van der Waals surface area contributed by atoms with Crippen molar-refractivity contribution in [1.29, 1.82) is 0 Å². The predicted molar refractivity (Wildman–Crippen MR) is 111 cm³/mol. The highest BCUT2D eigenvalue weighted by atomic mass is 16.5. The largest absolute Gasteiger partial charge is 0.496 e. The van der Waals surface area contributed by atoms with Crippen molar-refractivity contribution in [2.75, 3.05) is 24.3 Å². The zero-order valence-corrected chi connectivity index (χ0v) is 16.1. The summed E-state index contributed by atoms with van der Waals surface area (Å²) in [4.78, 5) is 9.13. The van der Waals surface area contributed by atoms with Gasteiger partial charge in [0.25, 0.3) is 0 Å². The lowest BCUT2D eigenvalue weighted by molar-refractivity contribution is 0.410. The number of para-hydroxylation sites is 2. The molecule has 0 aliphatic heterocycles. The van der Waals surface area contributed by atoms with Gasteiger partial charge in [-0.1, -0.05) is 43.3 Å². The second-order valence-electron chi connectivity index (χ2n) is 6.34. The third kappa shape index (κ3) is 4.97. The molecule has 0 unspecified atom stereocenters. The number of rotatable bonds is 8. The Kier molecular flexibility index (Phi) is 6.26. The molecule has 0 fully saturated rings. The van der Waals surface area contributed by atoms with Crippen LogP contribution in [0.5, 0.6) is 5.75 Å². The van der Waals surface area contributed by atoms with Gasteiger partial charge in [0.2, 0.25) is 5.95 Å². The van der Waals surface area contributed by atoms with Crippen LogP contribution in [0.4, 0.5) is 17.5 Å². The predicted octanol–water partition coefficient (Wildman–Crippen LogP) is 4.75. The second-order valence-corrected chi connectivity index (χ2v) is 6.34. The fourth-order valence-corrected chi connectivity index (χ4v) is 3.02. The van der Waals surface area contributed by atoms with Gasteiger partial charge in [-0.3, -0.25) is 0 Å². The zero-order chi connectivity index (χ0) is 19.1. The van der Waals surface area contributed by atoms with E-state index in [0.717, 1.165) is 42.3 Å². The Morgan fingerprint density at radius 2 is 1.70 bits per heavy atom. The lowest BCUT2D eigenvalue weighted by atomic mass is 10.1. The SMILES string of the molecule is CCc1ccccc1Nc1nc(C)cc(NCCc2ccccc2OC)n1. The summed E-state index contributed by atoms with van der Waals surface area (Å²) in [6.07, 6.45) is 1.81. The molecule has 0 saturated carbocycles. The number of hydrogen-bond donors (Lipinski definition) is 2. The van der Waals surface area contributed by atoms with Crippen LogP contribution in [0.1, 0.15) is 23.7 Å². The maximum Gasteiger partial charge on any atom is 0.229 e. The van der Waals surface area contributed by atoms with E-state index < -0.39 is 0 Å². The third-order valence-corrected chi connectivity index (χ3v) is 4.39. The van der Waals surface area contributed by atoms with Crippen molar-refractivity contribution in [2.24, 2.45) is 0 Å². The first kappa shape index (κ1) is 18.7. The van der Waals surface area contributed by atoms with Gasteiger partial charge < -0.3 is 15.4 Å². The van der Waals surface area contributed by atoms with E-state index in [1.54, 1.807) is 7.11 Å². The number of aryl methyl sites for hydroxylation is 2. The van der Waals surface area contributed by atoms with Gasteiger partial charge in [0.05, 0.1) is 7.11 Å². The van der Waals surface area contributed by atoms with Crippen LogP contribution < -0.4 is 15.4 Å². The van der Waals surface area contributed by atoms with Gasteiger partial charge in [0, 0.05) is 24.0 Å². The first-order chi connectivity index (χ1) is 13.2. The highest BCUT2D eigenvalue weighted by Crippen LogP contribution is 2.21. The summed E-state index contributed by atoms with van der Waals surface area (Å²) in [5, 5.41) is 6.74. The lowest BCUT2D eigenvalue weighted by Gasteiger charge is -2.13. The van der Waals surface area contributed by atoms with E-state index in [1.165, 1.54) is 11.1 Å². The molecule has 0 spiro atoms. The molecule has 0 amide bonds. The van der Waals surface area contributed by atoms with Crippen molar-refractivity contribution < 1.29 is 4.74 Å². The molecule has 0 bridgehead atoms. The molecule has 140 valence electrons. The molecule has 2 aromatic carbocycles. The van der Waals surface area contributed by atoms with E-state index in [4.69, 9.17) is 4.74 Å². The van der Waals surface area contributed by atoms with Crippen LogP contribution in [-0.2, 0) is 12.8 Å². The van der Waals surface area contributed by atoms with E-state index >= 15 is 0 Å². The van der Waals surface area contributed by atoms with Crippen LogP contribution >= 0.6 is 0 Å². The van der Waals surface area contributed by atoms with Crippen LogP contribution in [0, 0.1) is 6.92 Å². The average Bonchev–Trinajstić information content (AvgIpc) is 2.68. The van der Waals surface area contributed by atoms with E-state index in [9.17, 15) is 0 Å². The second kappa shape index (κ2) is 9.03. The maximum atomic E-state index is 5.41. The van der Waals surface area contributed by atoms with Crippen molar-refractivity contribution >= 4 is 17.5 Å². The molecule has 27 heavy (non-hydrogen) atoms. The molecule has 5 nitrogen and oxygen atoms in total. The van der Waals surface area contributed by atoms with E-state index in [1.807, 2.05) is 43.3 Å². The number of hydrogen-bond acceptors (Lipinski definition) is 5. The summed E-state index contributed by atoms with van der Waals surface area (Å²) >= 11 is 0. The molecule has 0 aliphatic rings. The van der Waals surface area contributed by atoms with Crippen LogP contribution in [0.15, 0.2) is 54.6 Å². The zero-order valence-electron chi connectivity index (χ0n) is 16.1. The number of benzene rings is 2. The minimum atomic E-state index is 0.607. The number of nitrogens with one attached hydrogen (secondary N) is 2. The highest BCUT2D eigenvalue weighted by molar-refractivity contribution is 5.59. The van der Waals surface area contributed by atoms with Crippen LogP contribution in [0.3, 0.4) is 0 Å². The van der Waals surface area contributed by atoms with Crippen molar-refractivity contribution in [3.05, 3.63) is 71.4 Å². The fraction of sp³-hybridized carbons (Fsp3) is 0.273. The Bertz CT molecular complexity index is 895. The lowest BCUT2D eigenvalue weighted by Crippen LogP contribution is -2.09. The van der Waals surface area contributed by atoms with Gasteiger partial charge in [0.15, 0.2) is 0 Å². The molecule has 1 aromatic heterocycles. The van der Waals surface area contributed by atoms with Crippen molar-refractivity contribution in [3.8, 4) is 5.75 Å².